The molecule has 0 atom stereocenters. The molecule has 0 heterocycles. The van der Waals surface area contributed by atoms with Crippen molar-refractivity contribution in [2.45, 2.75) is 0 Å². The first-order valence-electron chi connectivity index (χ1n) is 2.15. The molecule has 0 amide bonds. The SMILES string of the molecule is CN(C)[Se]N(C)C. The Labute approximate surface area is 52.1 Å². The van der Waals surface area contributed by atoms with E-state index in [0.29, 0.717) is 15.4 Å². The van der Waals surface area contributed by atoms with Crippen molar-refractivity contribution in [3.63, 3.8) is 0 Å². The Kier molecular flexibility index (Phi) is 3.66. The number of hydrogen-bond donors (Lipinski definition) is 0. The zero-order valence-electron chi connectivity index (χ0n) is 5.30. The van der Waals surface area contributed by atoms with Gasteiger partial charge in [0.25, 0.3) is 0 Å². The molecule has 0 spiro atoms. The molecule has 7 heavy (non-hydrogen) atoms. The quantitative estimate of drug-likeness (QED) is 0.518. The van der Waals surface area contributed by atoms with Gasteiger partial charge in [-0.3, -0.25) is 0 Å². The van der Waals surface area contributed by atoms with Crippen molar-refractivity contribution in [3.8, 4) is 0 Å². The van der Waals surface area contributed by atoms with Gasteiger partial charge in [-0.1, -0.05) is 0 Å². The van der Waals surface area contributed by atoms with Crippen LogP contribution in [0.15, 0.2) is 0 Å². The van der Waals surface area contributed by atoms with Gasteiger partial charge in [0.05, 0.1) is 0 Å². The summed E-state index contributed by atoms with van der Waals surface area (Å²) in [4.78, 5) is 0. The summed E-state index contributed by atoms with van der Waals surface area (Å²) in [5.41, 5.74) is 0. The minimum atomic E-state index is 0.542. The summed E-state index contributed by atoms with van der Waals surface area (Å²) in [7, 11) is 8.33. The molecule has 3 heteroatoms. The molecule has 0 fully saturated rings. The van der Waals surface area contributed by atoms with Gasteiger partial charge in [0.2, 0.25) is 0 Å². The molecule has 0 unspecified atom stereocenters. The fourth-order valence-corrected chi connectivity index (χ4v) is 1.70. The van der Waals surface area contributed by atoms with Crippen molar-refractivity contribution in [2.24, 2.45) is 0 Å². The summed E-state index contributed by atoms with van der Waals surface area (Å²) in [6, 6.07) is 0. The van der Waals surface area contributed by atoms with Crippen molar-refractivity contribution in [1.82, 2.24) is 7.83 Å². The number of nitrogens with zero attached hydrogens (tertiary/aromatic N) is 2. The zero-order chi connectivity index (χ0) is 5.86. The zero-order valence-corrected chi connectivity index (χ0v) is 7.02. The van der Waals surface area contributed by atoms with Gasteiger partial charge in [-0.25, -0.2) is 0 Å². The average molecular weight is 167 g/mol. The van der Waals surface area contributed by atoms with E-state index >= 15 is 0 Å². The fraction of sp³-hybridized carbons (Fsp3) is 1.00. The van der Waals surface area contributed by atoms with E-state index in [-0.39, 0.29) is 0 Å². The molecule has 0 rings (SSSR count). The molecule has 0 saturated heterocycles. The molecule has 2 nitrogen and oxygen atoms in total. The third-order valence-electron chi connectivity index (χ3n) is 0.327. The Morgan fingerprint density at radius 2 is 1.14 bits per heavy atom. The molecule has 0 radical (unpaired) electrons. The van der Waals surface area contributed by atoms with Crippen LogP contribution in [0.1, 0.15) is 0 Å². The molecule has 0 bridgehead atoms. The summed E-state index contributed by atoms with van der Waals surface area (Å²) >= 11 is 0.542. The van der Waals surface area contributed by atoms with Gasteiger partial charge in [-0.05, 0) is 0 Å². The van der Waals surface area contributed by atoms with E-state index in [9.17, 15) is 0 Å². The molecule has 0 N–H and O–H groups in total. The molecule has 0 saturated carbocycles. The Morgan fingerprint density at radius 3 is 1.14 bits per heavy atom. The third kappa shape index (κ3) is 6.44. The van der Waals surface area contributed by atoms with E-state index in [1.165, 1.54) is 0 Å². The van der Waals surface area contributed by atoms with Gasteiger partial charge in [-0.15, -0.1) is 0 Å². The van der Waals surface area contributed by atoms with Gasteiger partial charge in [0.15, 0.2) is 0 Å². The second-order valence-corrected chi connectivity index (χ2v) is 5.11. The van der Waals surface area contributed by atoms with Crippen molar-refractivity contribution in [3.05, 3.63) is 0 Å². The Hall–Kier alpha value is 0.439. The van der Waals surface area contributed by atoms with Crippen LogP contribution in [0.25, 0.3) is 0 Å². The molecule has 0 aliphatic heterocycles. The van der Waals surface area contributed by atoms with E-state index in [4.69, 9.17) is 0 Å². The summed E-state index contributed by atoms with van der Waals surface area (Å²) < 4.78 is 4.38. The predicted octanol–water partition coefficient (Wildman–Crippen LogP) is -0.356. The van der Waals surface area contributed by atoms with Crippen LogP contribution in [-0.2, 0) is 0 Å². The molecular formula is C4H12N2Se. The maximum absolute atomic E-state index is 2.19. The number of rotatable bonds is 2. The monoisotopic (exact) mass is 168 g/mol. The van der Waals surface area contributed by atoms with Crippen LogP contribution in [0.2, 0.25) is 0 Å². The van der Waals surface area contributed by atoms with E-state index < -0.39 is 0 Å². The predicted molar refractivity (Wildman–Crippen MR) is 33.1 cm³/mol. The Morgan fingerprint density at radius 1 is 0.857 bits per heavy atom. The van der Waals surface area contributed by atoms with Crippen LogP contribution in [0.4, 0.5) is 0 Å². The van der Waals surface area contributed by atoms with Crippen LogP contribution >= 0.6 is 0 Å². The molecule has 44 valence electrons. The van der Waals surface area contributed by atoms with Crippen molar-refractivity contribution < 1.29 is 0 Å². The molecule has 0 aromatic carbocycles. The van der Waals surface area contributed by atoms with Crippen LogP contribution in [0.3, 0.4) is 0 Å². The second-order valence-electron chi connectivity index (χ2n) is 1.71. The summed E-state index contributed by atoms with van der Waals surface area (Å²) in [5, 5.41) is 0. The maximum atomic E-state index is 2.19. The number of hydrogen-bond acceptors (Lipinski definition) is 2. The Balaban J connectivity index is 2.95. The standard InChI is InChI=1S/C4H12N2Se/c1-5(2)7-6(3)4/h1-4H3. The first-order valence-corrected chi connectivity index (χ1v) is 3.69. The van der Waals surface area contributed by atoms with Crippen molar-refractivity contribution in [2.75, 3.05) is 28.2 Å². The van der Waals surface area contributed by atoms with E-state index in [0.717, 1.165) is 0 Å². The van der Waals surface area contributed by atoms with Gasteiger partial charge in [0.1, 0.15) is 0 Å². The van der Waals surface area contributed by atoms with Gasteiger partial charge in [-0.2, -0.15) is 0 Å². The van der Waals surface area contributed by atoms with Crippen LogP contribution < -0.4 is 0 Å². The molecule has 0 aromatic heterocycles. The van der Waals surface area contributed by atoms with E-state index in [1.807, 2.05) is 0 Å². The van der Waals surface area contributed by atoms with Crippen LogP contribution in [0, 0.1) is 0 Å². The van der Waals surface area contributed by atoms with Crippen molar-refractivity contribution >= 4 is 15.4 Å². The first-order chi connectivity index (χ1) is 3.13. The third-order valence-corrected chi connectivity index (χ3v) is 1.70. The normalized spacial score (nSPS) is 11.1. The molecule has 0 aliphatic rings. The molecular weight excluding hydrogens is 155 g/mol. The topological polar surface area (TPSA) is 6.48 Å². The fourth-order valence-electron chi connectivity index (χ4n) is 0.327. The Bertz CT molecular complexity index is 39.0. The first kappa shape index (κ1) is 7.44. The van der Waals surface area contributed by atoms with Crippen LogP contribution in [-0.4, -0.2) is 51.4 Å². The van der Waals surface area contributed by atoms with Crippen LogP contribution in [0.5, 0.6) is 0 Å². The molecule has 0 aliphatic carbocycles. The van der Waals surface area contributed by atoms with E-state index in [2.05, 4.69) is 36.0 Å². The van der Waals surface area contributed by atoms with Gasteiger partial charge < -0.3 is 0 Å². The van der Waals surface area contributed by atoms with Gasteiger partial charge in [0, 0.05) is 0 Å². The van der Waals surface area contributed by atoms with Gasteiger partial charge >= 0.3 is 51.4 Å². The summed E-state index contributed by atoms with van der Waals surface area (Å²) in [6.07, 6.45) is 0. The summed E-state index contributed by atoms with van der Waals surface area (Å²) in [5.74, 6) is 0. The molecule has 0 aromatic rings. The van der Waals surface area contributed by atoms with Crippen molar-refractivity contribution in [1.29, 1.82) is 0 Å². The second kappa shape index (κ2) is 3.44. The summed E-state index contributed by atoms with van der Waals surface area (Å²) in [6.45, 7) is 0. The average Bonchev–Trinajstić information content (AvgIpc) is 1.27. The minimum absolute atomic E-state index is 0.542. The van der Waals surface area contributed by atoms with E-state index in [1.54, 1.807) is 0 Å².